The third-order valence-electron chi connectivity index (χ3n) is 6.91. The zero-order chi connectivity index (χ0) is 24.6. The first-order valence-corrected chi connectivity index (χ1v) is 11.8. The van der Waals surface area contributed by atoms with Crippen molar-refractivity contribution in [2.45, 2.75) is 78.1 Å². The highest BCUT2D eigenvalue weighted by Gasteiger charge is 2.32. The molecule has 0 saturated carbocycles. The van der Waals surface area contributed by atoms with Crippen molar-refractivity contribution < 1.29 is 19.1 Å². The minimum Gasteiger partial charge on any atom is -0.469 e. The Kier molecular flexibility index (Phi) is 6.97. The smallest absolute Gasteiger partial charge is 0.305 e. The molecular formula is C29H36O4. The summed E-state index contributed by atoms with van der Waals surface area (Å²) in [4.78, 5) is 38.1. The van der Waals surface area contributed by atoms with E-state index in [4.69, 9.17) is 4.74 Å². The Morgan fingerprint density at radius 1 is 0.848 bits per heavy atom. The van der Waals surface area contributed by atoms with Crippen LogP contribution in [0.5, 0.6) is 0 Å². The van der Waals surface area contributed by atoms with Crippen LogP contribution in [-0.2, 0) is 20.4 Å². The van der Waals surface area contributed by atoms with Gasteiger partial charge in [0.2, 0.25) is 0 Å². The molecule has 0 aromatic heterocycles. The molecule has 4 heteroatoms. The van der Waals surface area contributed by atoms with E-state index in [-0.39, 0.29) is 34.3 Å². The van der Waals surface area contributed by atoms with Crippen molar-refractivity contribution in [1.29, 1.82) is 0 Å². The van der Waals surface area contributed by atoms with Gasteiger partial charge in [-0.1, -0.05) is 66.5 Å². The number of hydrogen-bond donors (Lipinski definition) is 0. The quantitative estimate of drug-likeness (QED) is 0.392. The monoisotopic (exact) mass is 448 g/mol. The van der Waals surface area contributed by atoms with Crippen LogP contribution in [0.1, 0.15) is 110 Å². The van der Waals surface area contributed by atoms with Gasteiger partial charge in [0.15, 0.2) is 11.6 Å². The molecule has 1 aliphatic rings. The van der Waals surface area contributed by atoms with Crippen molar-refractivity contribution in [3.63, 3.8) is 0 Å². The molecule has 0 spiro atoms. The molecule has 1 atom stereocenters. The first-order chi connectivity index (χ1) is 15.3. The van der Waals surface area contributed by atoms with Crippen molar-refractivity contribution in [3.05, 3.63) is 69.8 Å². The molecule has 0 amide bonds. The lowest BCUT2D eigenvalue weighted by molar-refractivity contribution is -0.141. The van der Waals surface area contributed by atoms with E-state index in [0.717, 1.165) is 30.4 Å². The molecule has 0 bridgehead atoms. The Morgan fingerprint density at radius 2 is 1.36 bits per heavy atom. The second-order valence-corrected chi connectivity index (χ2v) is 11.1. The second kappa shape index (κ2) is 9.24. The van der Waals surface area contributed by atoms with Gasteiger partial charge < -0.3 is 4.74 Å². The number of ketones is 2. The number of ether oxygens (including phenoxy) is 1. The Bertz CT molecular complexity index is 1090. The number of esters is 1. The maximum absolute atomic E-state index is 13.5. The van der Waals surface area contributed by atoms with Crippen LogP contribution < -0.4 is 0 Å². The molecule has 0 aliphatic heterocycles. The second-order valence-electron chi connectivity index (χ2n) is 11.1. The summed E-state index contributed by atoms with van der Waals surface area (Å²) in [6.07, 6.45) is 3.25. The molecule has 1 aliphatic carbocycles. The Balaban J connectivity index is 1.83. The summed E-state index contributed by atoms with van der Waals surface area (Å²) in [5, 5.41) is 0. The predicted molar refractivity (Wildman–Crippen MR) is 131 cm³/mol. The van der Waals surface area contributed by atoms with Crippen LogP contribution in [0.25, 0.3) is 0 Å². The Morgan fingerprint density at radius 3 is 1.91 bits per heavy atom. The summed E-state index contributed by atoms with van der Waals surface area (Å²) in [6, 6.07) is 11.4. The molecular weight excluding hydrogens is 412 g/mol. The van der Waals surface area contributed by atoms with Gasteiger partial charge in [-0.05, 0) is 58.6 Å². The number of carbonyl (C=O) groups is 3. The first-order valence-electron chi connectivity index (χ1n) is 11.8. The molecule has 176 valence electrons. The minimum atomic E-state index is -0.172. The average molecular weight is 449 g/mol. The topological polar surface area (TPSA) is 60.4 Å². The zero-order valence-corrected chi connectivity index (χ0v) is 21.0. The van der Waals surface area contributed by atoms with E-state index in [9.17, 15) is 14.4 Å². The summed E-state index contributed by atoms with van der Waals surface area (Å²) in [5.41, 5.74) is 3.83. The van der Waals surface area contributed by atoms with Gasteiger partial charge in [0.1, 0.15) is 0 Å². The van der Waals surface area contributed by atoms with Crippen LogP contribution in [0.2, 0.25) is 0 Å². The van der Waals surface area contributed by atoms with Gasteiger partial charge in [0, 0.05) is 28.7 Å². The van der Waals surface area contributed by atoms with E-state index in [2.05, 4.69) is 41.5 Å². The highest BCUT2D eigenvalue weighted by atomic mass is 16.5. The highest BCUT2D eigenvalue weighted by Crippen LogP contribution is 2.36. The maximum Gasteiger partial charge on any atom is 0.305 e. The van der Waals surface area contributed by atoms with E-state index < -0.39 is 0 Å². The summed E-state index contributed by atoms with van der Waals surface area (Å²) >= 11 is 0. The van der Waals surface area contributed by atoms with Crippen LogP contribution >= 0.6 is 0 Å². The fourth-order valence-electron chi connectivity index (χ4n) is 4.54. The van der Waals surface area contributed by atoms with E-state index in [0.29, 0.717) is 28.7 Å². The highest BCUT2D eigenvalue weighted by molar-refractivity contribution is 6.28. The van der Waals surface area contributed by atoms with Crippen LogP contribution in [0, 0.1) is 5.92 Å². The normalized spacial score (nSPS) is 14.5. The van der Waals surface area contributed by atoms with Crippen molar-refractivity contribution in [1.82, 2.24) is 0 Å². The van der Waals surface area contributed by atoms with E-state index in [1.54, 1.807) is 6.07 Å². The predicted octanol–water partition coefficient (Wildman–Crippen LogP) is 6.41. The third-order valence-corrected chi connectivity index (χ3v) is 6.91. The summed E-state index contributed by atoms with van der Waals surface area (Å²) in [7, 11) is 1.42. The minimum absolute atomic E-state index is 0.0740. The SMILES string of the molecule is COC(=O)CC(C)CCCC(C)(C)c1ccc2c(c1)C(=O)c1cc(C(C)(C)C)ccc1C2=O. The van der Waals surface area contributed by atoms with Crippen LogP contribution in [0.3, 0.4) is 0 Å². The molecule has 2 aromatic rings. The number of carbonyl (C=O) groups excluding carboxylic acids is 3. The lowest BCUT2D eigenvalue weighted by Crippen LogP contribution is -2.25. The molecule has 0 N–H and O–H groups in total. The van der Waals surface area contributed by atoms with E-state index in [1.165, 1.54) is 7.11 Å². The number of rotatable bonds is 7. The Hall–Kier alpha value is -2.75. The van der Waals surface area contributed by atoms with Crippen LogP contribution in [0.4, 0.5) is 0 Å². The van der Waals surface area contributed by atoms with Gasteiger partial charge in [-0.15, -0.1) is 0 Å². The van der Waals surface area contributed by atoms with E-state index >= 15 is 0 Å². The van der Waals surface area contributed by atoms with Crippen LogP contribution in [0.15, 0.2) is 36.4 Å². The first kappa shape index (κ1) is 24.9. The van der Waals surface area contributed by atoms with Gasteiger partial charge in [-0.3, -0.25) is 14.4 Å². The lowest BCUT2D eigenvalue weighted by Gasteiger charge is -2.28. The van der Waals surface area contributed by atoms with Crippen molar-refractivity contribution in [2.24, 2.45) is 5.92 Å². The van der Waals surface area contributed by atoms with Crippen molar-refractivity contribution >= 4 is 17.5 Å². The lowest BCUT2D eigenvalue weighted by atomic mass is 9.75. The molecule has 1 unspecified atom stereocenters. The van der Waals surface area contributed by atoms with E-state index in [1.807, 2.05) is 30.3 Å². The molecule has 3 rings (SSSR count). The maximum atomic E-state index is 13.5. The standard InChI is InChI=1S/C29H36O4/c1-18(15-25(30)33-7)9-8-14-29(5,6)20-11-13-22-24(17-20)27(32)23-16-19(28(2,3)4)10-12-21(23)26(22)31/h10-13,16-18H,8-9,14-15H2,1-7H3. The van der Waals surface area contributed by atoms with Crippen molar-refractivity contribution in [3.8, 4) is 0 Å². The molecule has 0 fully saturated rings. The molecule has 33 heavy (non-hydrogen) atoms. The number of fused-ring (bicyclic) bond motifs is 2. The third kappa shape index (κ3) is 5.26. The van der Waals surface area contributed by atoms with Crippen molar-refractivity contribution in [2.75, 3.05) is 7.11 Å². The number of benzene rings is 2. The van der Waals surface area contributed by atoms with Crippen LogP contribution in [-0.4, -0.2) is 24.6 Å². The summed E-state index contributed by atoms with van der Waals surface area (Å²) in [6.45, 7) is 12.7. The van der Waals surface area contributed by atoms with Gasteiger partial charge in [-0.25, -0.2) is 0 Å². The average Bonchev–Trinajstić information content (AvgIpc) is 2.75. The summed E-state index contributed by atoms with van der Waals surface area (Å²) < 4.78 is 4.76. The van der Waals surface area contributed by atoms with Gasteiger partial charge in [-0.2, -0.15) is 0 Å². The number of methoxy groups -OCH3 is 1. The van der Waals surface area contributed by atoms with Gasteiger partial charge in [0.25, 0.3) is 0 Å². The Labute approximate surface area is 197 Å². The summed E-state index contributed by atoms with van der Waals surface area (Å²) in [5.74, 6) is -0.0601. The van der Waals surface area contributed by atoms with Gasteiger partial charge in [0.05, 0.1) is 7.11 Å². The molecule has 0 heterocycles. The fraction of sp³-hybridized carbons (Fsp3) is 0.483. The molecule has 0 radical (unpaired) electrons. The molecule has 4 nitrogen and oxygen atoms in total. The largest absolute Gasteiger partial charge is 0.469 e. The zero-order valence-electron chi connectivity index (χ0n) is 21.0. The number of hydrogen-bond acceptors (Lipinski definition) is 4. The molecule has 2 aromatic carbocycles. The molecule has 0 saturated heterocycles. The fourth-order valence-corrected chi connectivity index (χ4v) is 4.54. The van der Waals surface area contributed by atoms with Gasteiger partial charge >= 0.3 is 5.97 Å².